The average molecular weight is 435 g/mol. The lowest BCUT2D eigenvalue weighted by atomic mass is 10.4. The second-order valence-electron chi connectivity index (χ2n) is 2.97. The van der Waals surface area contributed by atoms with Crippen molar-refractivity contribution in [1.29, 1.82) is 0 Å². The Labute approximate surface area is 148 Å². The van der Waals surface area contributed by atoms with Crippen molar-refractivity contribution in [3.63, 3.8) is 0 Å². The molecule has 0 saturated heterocycles. The van der Waals surface area contributed by atoms with E-state index in [-0.39, 0.29) is 5.84 Å². The zero-order valence-electron chi connectivity index (χ0n) is 7.90. The first kappa shape index (κ1) is 17.8. The molecule has 1 rings (SSSR count). The molecular formula is C6H2Cl9N3. The molecule has 1 heterocycles. The van der Waals surface area contributed by atoms with Gasteiger partial charge >= 0.3 is 0 Å². The first-order chi connectivity index (χ1) is 7.85. The number of rotatable bonds is 0. The number of hydrogen-bond acceptors (Lipinski definition) is 3. The van der Waals surface area contributed by atoms with Crippen molar-refractivity contribution in [3.05, 3.63) is 0 Å². The second-order valence-corrected chi connectivity index (χ2v) is 9.84. The minimum atomic E-state index is -2.07. The van der Waals surface area contributed by atoms with E-state index in [9.17, 15) is 0 Å². The van der Waals surface area contributed by atoms with E-state index in [1.54, 1.807) is 0 Å². The highest BCUT2D eigenvalue weighted by atomic mass is 35.6. The van der Waals surface area contributed by atoms with Crippen LogP contribution in [0.15, 0.2) is 9.98 Å². The number of hydrogen-bond donors (Lipinski definition) is 0. The van der Waals surface area contributed by atoms with Gasteiger partial charge in [-0.3, -0.25) is 4.90 Å². The maximum absolute atomic E-state index is 5.76. The summed E-state index contributed by atoms with van der Waals surface area (Å²) in [7, 11) is 0. The molecule has 1 aliphatic heterocycles. The summed E-state index contributed by atoms with van der Waals surface area (Å²) < 4.78 is -5.98. The van der Waals surface area contributed by atoms with Gasteiger partial charge in [0.1, 0.15) is 6.34 Å². The molecule has 0 fully saturated rings. The largest absolute Gasteiger partial charge is 0.285 e. The Balaban J connectivity index is 3.29. The minimum absolute atomic E-state index is 0.223. The third-order valence-corrected chi connectivity index (χ3v) is 3.32. The van der Waals surface area contributed by atoms with E-state index in [4.69, 9.17) is 104 Å². The van der Waals surface area contributed by atoms with Crippen LogP contribution in [0.3, 0.4) is 0 Å². The predicted molar refractivity (Wildman–Crippen MR) is 82.4 cm³/mol. The second kappa shape index (κ2) is 5.86. The molecule has 0 amide bonds. The van der Waals surface area contributed by atoms with Crippen molar-refractivity contribution in [2.75, 3.05) is 0 Å². The highest BCUT2D eigenvalue weighted by Crippen LogP contribution is 2.46. The number of nitrogens with zero attached hydrogens (tertiary/aromatic N) is 3. The van der Waals surface area contributed by atoms with Crippen molar-refractivity contribution in [3.8, 4) is 0 Å². The van der Waals surface area contributed by atoms with Gasteiger partial charge in [-0.05, 0) is 0 Å². The van der Waals surface area contributed by atoms with Crippen LogP contribution in [0, 0.1) is 0 Å². The van der Waals surface area contributed by atoms with Gasteiger partial charge in [-0.25, -0.2) is 9.98 Å². The minimum Gasteiger partial charge on any atom is -0.285 e. The van der Waals surface area contributed by atoms with Crippen LogP contribution in [0.2, 0.25) is 0 Å². The quantitative estimate of drug-likeness (QED) is 0.384. The molecule has 0 N–H and O–H groups in total. The third-order valence-electron chi connectivity index (χ3n) is 1.68. The summed E-state index contributed by atoms with van der Waals surface area (Å²) in [4.78, 5) is 8.43. The van der Waals surface area contributed by atoms with Crippen LogP contribution in [-0.2, 0) is 0 Å². The van der Waals surface area contributed by atoms with Crippen molar-refractivity contribution in [2.24, 2.45) is 9.98 Å². The molecule has 0 saturated carbocycles. The van der Waals surface area contributed by atoms with E-state index < -0.39 is 17.7 Å². The zero-order valence-corrected chi connectivity index (χ0v) is 14.7. The Morgan fingerprint density at radius 2 is 1.44 bits per heavy atom. The van der Waals surface area contributed by atoms with Gasteiger partial charge in [-0.2, -0.15) is 0 Å². The summed E-state index contributed by atoms with van der Waals surface area (Å²) in [6.07, 6.45) is -0.158. The lowest BCUT2D eigenvalue weighted by Gasteiger charge is -2.42. The Morgan fingerprint density at radius 3 is 1.78 bits per heavy atom. The number of aliphatic imine (C=N–C) groups is 2. The van der Waals surface area contributed by atoms with Crippen molar-refractivity contribution in [2.45, 2.75) is 17.7 Å². The van der Waals surface area contributed by atoms with Crippen LogP contribution in [0.1, 0.15) is 0 Å². The number of amidine groups is 1. The fourth-order valence-corrected chi connectivity index (χ4v) is 2.49. The molecule has 0 aromatic heterocycles. The summed E-state index contributed by atoms with van der Waals surface area (Å²) in [6, 6.07) is 0. The molecule has 12 heteroatoms. The first-order valence-corrected chi connectivity index (χ1v) is 7.34. The van der Waals surface area contributed by atoms with Crippen molar-refractivity contribution >= 4 is 117 Å². The average Bonchev–Trinajstić information content (AvgIpc) is 2.12. The fraction of sp³-hybridized carbons (Fsp3) is 0.667. The first-order valence-electron chi connectivity index (χ1n) is 3.94. The Morgan fingerprint density at radius 1 is 0.944 bits per heavy atom. The van der Waals surface area contributed by atoms with E-state index >= 15 is 0 Å². The molecule has 1 atom stereocenters. The molecule has 3 nitrogen and oxygen atoms in total. The maximum Gasteiger partial charge on any atom is 0.271 e. The van der Waals surface area contributed by atoms with Crippen LogP contribution >= 0.6 is 104 Å². The summed E-state index contributed by atoms with van der Waals surface area (Å²) >= 11 is 51.7. The van der Waals surface area contributed by atoms with Crippen molar-refractivity contribution in [1.82, 2.24) is 4.90 Å². The summed E-state index contributed by atoms with van der Waals surface area (Å²) in [5.74, 6) is -0.223. The lowest BCUT2D eigenvalue weighted by Crippen LogP contribution is -2.57. The lowest BCUT2D eigenvalue weighted by molar-refractivity contribution is 0.316. The molecule has 0 bridgehead atoms. The fourth-order valence-electron chi connectivity index (χ4n) is 1.10. The van der Waals surface area contributed by atoms with Gasteiger partial charge < -0.3 is 0 Å². The van der Waals surface area contributed by atoms with Gasteiger partial charge in [0.2, 0.25) is 7.59 Å². The van der Waals surface area contributed by atoms with Gasteiger partial charge in [0.15, 0.2) is 12.0 Å². The molecule has 0 aromatic rings. The topological polar surface area (TPSA) is 28.0 Å². The van der Waals surface area contributed by atoms with Gasteiger partial charge in [-0.15, -0.1) is 0 Å². The number of alkyl halides is 9. The predicted octanol–water partition coefficient (Wildman–Crippen LogP) is 5.12. The molecule has 1 aliphatic rings. The van der Waals surface area contributed by atoms with Gasteiger partial charge in [-0.1, -0.05) is 104 Å². The van der Waals surface area contributed by atoms with Gasteiger partial charge in [0.25, 0.3) is 3.92 Å². The highest BCUT2D eigenvalue weighted by molar-refractivity contribution is 6.78. The van der Waals surface area contributed by atoms with Crippen LogP contribution in [-0.4, -0.2) is 34.7 Å². The normalized spacial score (nSPS) is 22.2. The molecule has 1 unspecified atom stereocenters. The molecule has 0 aliphatic carbocycles. The summed E-state index contributed by atoms with van der Waals surface area (Å²) in [5.41, 5.74) is 0. The molecule has 18 heavy (non-hydrogen) atoms. The zero-order chi connectivity index (χ0) is 14.4. The molecule has 0 spiro atoms. The van der Waals surface area contributed by atoms with Crippen LogP contribution in [0.25, 0.3) is 0 Å². The standard InChI is InChI=1S/C6H2Cl9N3/c7-4(8,9)2-16-1-17-3(5(10,11)12)18(2)6(13,14)15/h1-2H. The molecule has 104 valence electrons. The Hall–Kier alpha value is 1.75. The van der Waals surface area contributed by atoms with Crippen LogP contribution < -0.4 is 0 Å². The van der Waals surface area contributed by atoms with Crippen LogP contribution in [0.4, 0.5) is 0 Å². The smallest absolute Gasteiger partial charge is 0.271 e. The van der Waals surface area contributed by atoms with E-state index in [1.165, 1.54) is 0 Å². The summed E-state index contributed by atoms with van der Waals surface area (Å²) in [5, 5.41) is 0. The van der Waals surface area contributed by atoms with E-state index in [0.29, 0.717) is 0 Å². The SMILES string of the molecule is ClC(Cl)(Cl)C1=NC=NC(C(Cl)(Cl)Cl)N1C(Cl)(Cl)Cl. The van der Waals surface area contributed by atoms with Crippen LogP contribution in [0.5, 0.6) is 0 Å². The summed E-state index contributed by atoms with van der Waals surface area (Å²) in [6.45, 7) is 0. The van der Waals surface area contributed by atoms with Gasteiger partial charge in [0.05, 0.1) is 0 Å². The van der Waals surface area contributed by atoms with E-state index in [0.717, 1.165) is 11.2 Å². The Bertz CT molecular complexity index is 373. The molecule has 0 aromatic carbocycles. The molecule has 0 radical (unpaired) electrons. The van der Waals surface area contributed by atoms with Crippen molar-refractivity contribution < 1.29 is 0 Å². The monoisotopic (exact) mass is 431 g/mol. The van der Waals surface area contributed by atoms with Gasteiger partial charge in [0, 0.05) is 0 Å². The Kier molecular flexibility index (Phi) is 5.80. The third kappa shape index (κ3) is 4.37. The maximum atomic E-state index is 5.76. The van der Waals surface area contributed by atoms with E-state index in [2.05, 4.69) is 9.98 Å². The molecular weight excluding hydrogens is 433 g/mol. The highest BCUT2D eigenvalue weighted by Gasteiger charge is 2.52. The number of halogens is 9. The van der Waals surface area contributed by atoms with E-state index in [1.807, 2.05) is 0 Å².